The molecular weight excluding hydrogens is 477 g/mol. The van der Waals surface area contributed by atoms with E-state index in [1.807, 2.05) is 0 Å². The first kappa shape index (κ1) is 24.8. The van der Waals surface area contributed by atoms with Crippen LogP contribution in [0.1, 0.15) is 34.0 Å². The van der Waals surface area contributed by atoms with Crippen LogP contribution in [-0.4, -0.2) is 14.7 Å². The Kier molecular flexibility index (Phi) is 7.78. The molecule has 1 unspecified atom stereocenters. The molecule has 0 aliphatic carbocycles. The van der Waals surface area contributed by atoms with Gasteiger partial charge in [-0.15, -0.1) is 0 Å². The van der Waals surface area contributed by atoms with Gasteiger partial charge < -0.3 is 9.87 Å². The molecule has 33 heavy (non-hydrogen) atoms. The Morgan fingerprint density at radius 2 is 1.79 bits per heavy atom. The SMILES string of the molecule is CCc1c(N(c2cccc(C(=O)NCc3ccccc3Cl)c2)S(=O)[O-])cccc1C(F)(F)F. The molecule has 0 aliphatic rings. The Labute approximate surface area is 196 Å². The van der Waals surface area contributed by atoms with Crippen LogP contribution in [0.15, 0.2) is 66.7 Å². The quantitative estimate of drug-likeness (QED) is 0.422. The molecule has 1 N–H and O–H groups in total. The van der Waals surface area contributed by atoms with Gasteiger partial charge in [-0.3, -0.25) is 13.3 Å². The Hall–Kier alpha value is -2.88. The lowest BCUT2D eigenvalue weighted by atomic mass is 10.0. The first-order chi connectivity index (χ1) is 15.6. The predicted octanol–water partition coefficient (Wildman–Crippen LogP) is 5.78. The summed E-state index contributed by atoms with van der Waals surface area (Å²) in [5, 5.41) is 3.18. The van der Waals surface area contributed by atoms with Crippen LogP contribution < -0.4 is 9.62 Å². The van der Waals surface area contributed by atoms with Gasteiger partial charge in [0.1, 0.15) is 0 Å². The second kappa shape index (κ2) is 10.4. The third-order valence-electron chi connectivity index (χ3n) is 4.92. The lowest BCUT2D eigenvalue weighted by Crippen LogP contribution is -2.25. The molecule has 0 saturated carbocycles. The van der Waals surface area contributed by atoms with E-state index in [-0.39, 0.29) is 35.5 Å². The summed E-state index contributed by atoms with van der Waals surface area (Å²) < 4.78 is 65.3. The zero-order valence-corrected chi connectivity index (χ0v) is 18.9. The van der Waals surface area contributed by atoms with Crippen LogP contribution in [0.2, 0.25) is 5.02 Å². The number of hydrogen-bond acceptors (Lipinski definition) is 3. The number of carbonyl (C=O) groups is 1. The maximum Gasteiger partial charge on any atom is 0.416 e. The van der Waals surface area contributed by atoms with Crippen LogP contribution >= 0.6 is 11.6 Å². The van der Waals surface area contributed by atoms with Crippen molar-refractivity contribution < 1.29 is 26.7 Å². The third-order valence-corrected chi connectivity index (χ3v) is 5.99. The van der Waals surface area contributed by atoms with Gasteiger partial charge in [0.15, 0.2) is 0 Å². The number of nitrogens with one attached hydrogen (secondary N) is 1. The Bertz CT molecular complexity index is 1190. The number of carbonyl (C=O) groups excluding carboxylic acids is 1. The van der Waals surface area contributed by atoms with Crippen molar-refractivity contribution in [3.63, 3.8) is 0 Å². The molecule has 3 rings (SSSR count). The van der Waals surface area contributed by atoms with Gasteiger partial charge in [-0.05, 0) is 53.9 Å². The normalized spacial score (nSPS) is 12.3. The van der Waals surface area contributed by atoms with Gasteiger partial charge in [-0.2, -0.15) is 13.2 Å². The summed E-state index contributed by atoms with van der Waals surface area (Å²) in [4.78, 5) is 12.6. The van der Waals surface area contributed by atoms with Gasteiger partial charge in [0, 0.05) is 17.1 Å². The molecule has 0 saturated heterocycles. The molecule has 0 heterocycles. The second-order valence-corrected chi connectivity index (χ2v) is 8.20. The maximum absolute atomic E-state index is 13.5. The molecule has 0 fully saturated rings. The molecule has 10 heteroatoms. The molecule has 1 atom stereocenters. The Balaban J connectivity index is 1.95. The van der Waals surface area contributed by atoms with E-state index in [1.54, 1.807) is 24.3 Å². The summed E-state index contributed by atoms with van der Waals surface area (Å²) >= 11 is 3.15. The van der Waals surface area contributed by atoms with Gasteiger partial charge in [0.2, 0.25) is 0 Å². The molecule has 0 bridgehead atoms. The molecule has 3 aromatic rings. The van der Waals surface area contributed by atoms with Crippen molar-refractivity contribution >= 4 is 40.1 Å². The van der Waals surface area contributed by atoms with Crippen LogP contribution in [0.5, 0.6) is 0 Å². The standard InChI is InChI=1S/C23H20ClF3N2O3S/c1-2-18-19(23(25,26)27)10-6-12-21(18)29(33(31)32)17-9-5-8-15(13-17)22(30)28-14-16-7-3-4-11-20(16)24/h3-13H,2,14H2,1H3,(H,28,30)(H,31,32)/p-1. The number of halogens is 4. The van der Waals surface area contributed by atoms with Gasteiger partial charge in [-0.1, -0.05) is 48.9 Å². The molecule has 0 radical (unpaired) electrons. The fourth-order valence-electron chi connectivity index (χ4n) is 3.40. The first-order valence-electron chi connectivity index (χ1n) is 9.83. The monoisotopic (exact) mass is 495 g/mol. The van der Waals surface area contributed by atoms with Crippen LogP contribution in [0, 0.1) is 0 Å². The predicted molar refractivity (Wildman–Crippen MR) is 121 cm³/mol. The van der Waals surface area contributed by atoms with Crippen LogP contribution in [0.3, 0.4) is 0 Å². The highest BCUT2D eigenvalue weighted by Gasteiger charge is 2.34. The Morgan fingerprint density at radius 1 is 1.09 bits per heavy atom. The van der Waals surface area contributed by atoms with E-state index in [1.165, 1.54) is 37.3 Å². The van der Waals surface area contributed by atoms with Crippen LogP contribution in [0.25, 0.3) is 0 Å². The van der Waals surface area contributed by atoms with Gasteiger partial charge >= 0.3 is 6.18 Å². The highest BCUT2D eigenvalue weighted by atomic mass is 35.5. The van der Waals surface area contributed by atoms with E-state index in [9.17, 15) is 26.7 Å². The molecule has 0 spiro atoms. The summed E-state index contributed by atoms with van der Waals surface area (Å²) in [7, 11) is 0. The summed E-state index contributed by atoms with van der Waals surface area (Å²) in [5.74, 6) is -0.492. The van der Waals surface area contributed by atoms with Gasteiger partial charge in [0.25, 0.3) is 5.91 Å². The number of benzene rings is 3. The zero-order chi connectivity index (χ0) is 24.2. The average molecular weight is 496 g/mol. The fraction of sp³-hybridized carbons (Fsp3) is 0.174. The minimum Gasteiger partial charge on any atom is -0.755 e. The van der Waals surface area contributed by atoms with Crippen molar-refractivity contribution in [2.45, 2.75) is 26.1 Å². The van der Waals surface area contributed by atoms with E-state index in [0.717, 1.165) is 16.4 Å². The average Bonchev–Trinajstić information content (AvgIpc) is 2.77. The highest BCUT2D eigenvalue weighted by Crippen LogP contribution is 2.39. The van der Waals surface area contributed by atoms with Crippen molar-refractivity contribution in [2.75, 3.05) is 4.31 Å². The summed E-state index contributed by atoms with van der Waals surface area (Å²) in [6, 6.07) is 16.0. The first-order valence-corrected chi connectivity index (χ1v) is 11.2. The molecule has 3 aromatic carbocycles. The van der Waals surface area contributed by atoms with Crippen LogP contribution in [-0.2, 0) is 30.4 Å². The molecule has 1 amide bonds. The van der Waals surface area contributed by atoms with E-state index in [0.29, 0.717) is 10.6 Å². The lowest BCUT2D eigenvalue weighted by molar-refractivity contribution is -0.138. The highest BCUT2D eigenvalue weighted by molar-refractivity contribution is 7.81. The fourth-order valence-corrected chi connectivity index (χ4v) is 4.22. The largest absolute Gasteiger partial charge is 0.755 e. The zero-order valence-electron chi connectivity index (χ0n) is 17.4. The van der Waals surface area contributed by atoms with Crippen molar-refractivity contribution in [3.05, 3.63) is 94.0 Å². The number of rotatable bonds is 7. The maximum atomic E-state index is 13.5. The second-order valence-electron chi connectivity index (χ2n) is 6.99. The van der Waals surface area contributed by atoms with Crippen LogP contribution in [0.4, 0.5) is 24.5 Å². The Morgan fingerprint density at radius 3 is 2.42 bits per heavy atom. The molecule has 174 valence electrons. The molecule has 5 nitrogen and oxygen atoms in total. The molecular formula is C23H19ClF3N2O3S-. The molecule has 0 aromatic heterocycles. The summed E-state index contributed by atoms with van der Waals surface area (Å²) in [5.41, 5.74) is -0.339. The van der Waals surface area contributed by atoms with E-state index in [4.69, 9.17) is 11.6 Å². The van der Waals surface area contributed by atoms with E-state index >= 15 is 0 Å². The smallest absolute Gasteiger partial charge is 0.416 e. The van der Waals surface area contributed by atoms with Crippen molar-refractivity contribution in [1.29, 1.82) is 0 Å². The number of hydrogen-bond donors (Lipinski definition) is 1. The molecule has 0 aliphatic heterocycles. The number of alkyl halides is 3. The lowest BCUT2D eigenvalue weighted by Gasteiger charge is -2.30. The van der Waals surface area contributed by atoms with Crippen molar-refractivity contribution in [3.8, 4) is 0 Å². The minimum atomic E-state index is -4.64. The van der Waals surface area contributed by atoms with Gasteiger partial charge in [0.05, 0.1) is 28.2 Å². The van der Waals surface area contributed by atoms with Crippen molar-refractivity contribution in [1.82, 2.24) is 5.32 Å². The third kappa shape index (κ3) is 5.73. The number of anilines is 2. The number of amides is 1. The summed E-state index contributed by atoms with van der Waals surface area (Å²) in [6.45, 7) is 1.66. The van der Waals surface area contributed by atoms with E-state index < -0.39 is 28.9 Å². The number of nitrogens with zero attached hydrogens (tertiary/aromatic N) is 1. The topological polar surface area (TPSA) is 72.5 Å². The van der Waals surface area contributed by atoms with Crippen molar-refractivity contribution in [2.24, 2.45) is 0 Å². The minimum absolute atomic E-state index is 0.0303. The summed E-state index contributed by atoms with van der Waals surface area (Å²) in [6.07, 6.45) is -4.69. The van der Waals surface area contributed by atoms with E-state index in [2.05, 4.69) is 5.32 Å². The van der Waals surface area contributed by atoms with Gasteiger partial charge in [-0.25, -0.2) is 0 Å².